The van der Waals surface area contributed by atoms with E-state index < -0.39 is 27.6 Å². The first-order valence-corrected chi connectivity index (χ1v) is 9.29. The van der Waals surface area contributed by atoms with Crippen molar-refractivity contribution in [3.05, 3.63) is 64.2 Å². The number of carbonyl (C=O) groups excluding carboxylic acids is 1. The normalized spacial score (nSPS) is 11.5. The standard InChI is InChI=1S/C18H20F2N2O3S/c1-11-7-14(8-17(12(11)2)26(24,25)21-3)18(23)22(4)10-13-5-6-15(19)9-16(13)20/h5-9,21H,10H2,1-4H3. The highest BCUT2D eigenvalue weighted by Crippen LogP contribution is 2.22. The highest BCUT2D eigenvalue weighted by molar-refractivity contribution is 7.89. The van der Waals surface area contributed by atoms with Gasteiger partial charge in [-0.25, -0.2) is 21.9 Å². The molecule has 0 heterocycles. The van der Waals surface area contributed by atoms with E-state index in [2.05, 4.69) is 4.72 Å². The van der Waals surface area contributed by atoms with Gasteiger partial charge in [-0.1, -0.05) is 6.07 Å². The number of hydrogen-bond donors (Lipinski definition) is 1. The lowest BCUT2D eigenvalue weighted by molar-refractivity contribution is 0.0783. The molecule has 8 heteroatoms. The molecule has 2 aromatic rings. The molecule has 2 rings (SSSR count). The molecule has 26 heavy (non-hydrogen) atoms. The molecule has 0 saturated heterocycles. The van der Waals surface area contributed by atoms with Gasteiger partial charge in [-0.2, -0.15) is 0 Å². The van der Waals surface area contributed by atoms with Crippen molar-refractivity contribution in [1.82, 2.24) is 9.62 Å². The summed E-state index contributed by atoms with van der Waals surface area (Å²) in [6, 6.07) is 6.02. The summed E-state index contributed by atoms with van der Waals surface area (Å²) in [6.07, 6.45) is 0. The van der Waals surface area contributed by atoms with Gasteiger partial charge in [-0.3, -0.25) is 4.79 Å². The fraction of sp³-hybridized carbons (Fsp3) is 0.278. The van der Waals surface area contributed by atoms with Crippen LogP contribution >= 0.6 is 0 Å². The highest BCUT2D eigenvalue weighted by atomic mass is 32.2. The topological polar surface area (TPSA) is 66.5 Å². The molecule has 0 saturated carbocycles. The molecule has 5 nitrogen and oxygen atoms in total. The number of nitrogens with one attached hydrogen (secondary N) is 1. The second kappa shape index (κ2) is 7.51. The third kappa shape index (κ3) is 4.08. The van der Waals surface area contributed by atoms with Crippen LogP contribution in [-0.2, 0) is 16.6 Å². The molecule has 0 aliphatic heterocycles. The minimum absolute atomic E-state index is 0.0183. The maximum absolute atomic E-state index is 13.8. The molecule has 1 N–H and O–H groups in total. The van der Waals surface area contributed by atoms with Crippen molar-refractivity contribution in [2.45, 2.75) is 25.3 Å². The lowest BCUT2D eigenvalue weighted by Gasteiger charge is -2.19. The molecule has 0 aliphatic rings. The Balaban J connectivity index is 2.37. The second-order valence-electron chi connectivity index (χ2n) is 6.02. The zero-order chi connectivity index (χ0) is 19.6. The largest absolute Gasteiger partial charge is 0.337 e. The third-order valence-corrected chi connectivity index (χ3v) is 5.73. The number of amides is 1. The van der Waals surface area contributed by atoms with Crippen molar-refractivity contribution in [3.63, 3.8) is 0 Å². The third-order valence-electron chi connectivity index (χ3n) is 4.19. The van der Waals surface area contributed by atoms with Crippen LogP contribution in [-0.4, -0.2) is 33.3 Å². The fourth-order valence-corrected chi connectivity index (χ4v) is 3.60. The predicted molar refractivity (Wildman–Crippen MR) is 94.3 cm³/mol. The summed E-state index contributed by atoms with van der Waals surface area (Å²) in [5.41, 5.74) is 1.52. The number of aryl methyl sites for hydroxylation is 1. The number of nitrogens with zero attached hydrogens (tertiary/aromatic N) is 1. The molecule has 0 unspecified atom stereocenters. The van der Waals surface area contributed by atoms with E-state index in [9.17, 15) is 22.0 Å². The Bertz CT molecular complexity index is 959. The van der Waals surface area contributed by atoms with Gasteiger partial charge in [0.2, 0.25) is 10.0 Å². The average Bonchev–Trinajstić information content (AvgIpc) is 2.58. The first-order chi connectivity index (χ1) is 12.1. The molecular formula is C18H20F2N2O3S. The summed E-state index contributed by atoms with van der Waals surface area (Å²) in [5.74, 6) is -1.91. The van der Waals surface area contributed by atoms with Gasteiger partial charge in [0, 0.05) is 30.8 Å². The maximum atomic E-state index is 13.8. The van der Waals surface area contributed by atoms with Crippen molar-refractivity contribution >= 4 is 15.9 Å². The van der Waals surface area contributed by atoms with Gasteiger partial charge in [0.1, 0.15) is 11.6 Å². The summed E-state index contributed by atoms with van der Waals surface area (Å²) in [7, 11) is -0.967. The van der Waals surface area contributed by atoms with Gasteiger partial charge >= 0.3 is 0 Å². The zero-order valence-corrected chi connectivity index (χ0v) is 15.7. The highest BCUT2D eigenvalue weighted by Gasteiger charge is 2.21. The minimum Gasteiger partial charge on any atom is -0.337 e. The van der Waals surface area contributed by atoms with Crippen LogP contribution in [0.2, 0.25) is 0 Å². The van der Waals surface area contributed by atoms with Crippen molar-refractivity contribution < 1.29 is 22.0 Å². The van der Waals surface area contributed by atoms with Crippen LogP contribution in [0.25, 0.3) is 0 Å². The smallest absolute Gasteiger partial charge is 0.253 e. The van der Waals surface area contributed by atoms with Crippen LogP contribution in [0.3, 0.4) is 0 Å². The van der Waals surface area contributed by atoms with Gasteiger partial charge in [-0.05, 0) is 50.2 Å². The molecule has 0 radical (unpaired) electrons. The Morgan fingerprint density at radius 1 is 1.15 bits per heavy atom. The Morgan fingerprint density at radius 3 is 2.38 bits per heavy atom. The van der Waals surface area contributed by atoms with E-state index in [-0.39, 0.29) is 22.6 Å². The molecular weight excluding hydrogens is 362 g/mol. The number of sulfonamides is 1. The summed E-state index contributed by atoms with van der Waals surface area (Å²) in [5, 5.41) is 0. The quantitative estimate of drug-likeness (QED) is 0.865. The molecule has 0 aliphatic carbocycles. The molecule has 1 amide bonds. The van der Waals surface area contributed by atoms with Gasteiger partial charge in [0.05, 0.1) is 4.90 Å². The minimum atomic E-state index is -3.73. The monoisotopic (exact) mass is 382 g/mol. The van der Waals surface area contributed by atoms with E-state index in [1.165, 1.54) is 31.1 Å². The van der Waals surface area contributed by atoms with Crippen LogP contribution in [0.5, 0.6) is 0 Å². The lowest BCUT2D eigenvalue weighted by Crippen LogP contribution is -2.27. The van der Waals surface area contributed by atoms with Crippen LogP contribution in [0.15, 0.2) is 35.2 Å². The van der Waals surface area contributed by atoms with E-state index in [0.717, 1.165) is 12.1 Å². The summed E-state index contributed by atoms with van der Waals surface area (Å²) < 4.78 is 53.4. The SMILES string of the molecule is CNS(=O)(=O)c1cc(C(=O)N(C)Cc2ccc(F)cc2F)cc(C)c1C. The van der Waals surface area contributed by atoms with Gasteiger partial charge < -0.3 is 4.90 Å². The zero-order valence-electron chi connectivity index (χ0n) is 14.9. The molecule has 2 aromatic carbocycles. The van der Waals surface area contributed by atoms with E-state index >= 15 is 0 Å². The number of rotatable bonds is 5. The lowest BCUT2D eigenvalue weighted by atomic mass is 10.1. The number of benzene rings is 2. The molecule has 140 valence electrons. The van der Waals surface area contributed by atoms with Gasteiger partial charge in [-0.15, -0.1) is 0 Å². The van der Waals surface area contributed by atoms with Crippen LogP contribution in [0.4, 0.5) is 8.78 Å². The van der Waals surface area contributed by atoms with Crippen LogP contribution in [0, 0.1) is 25.5 Å². The molecule has 0 bridgehead atoms. The van der Waals surface area contributed by atoms with Crippen molar-refractivity contribution in [1.29, 1.82) is 0 Å². The van der Waals surface area contributed by atoms with Crippen LogP contribution < -0.4 is 4.72 Å². The number of carbonyl (C=O) groups is 1. The molecule has 0 atom stereocenters. The average molecular weight is 382 g/mol. The van der Waals surface area contributed by atoms with E-state index in [4.69, 9.17) is 0 Å². The number of hydrogen-bond acceptors (Lipinski definition) is 3. The molecule has 0 fully saturated rings. The van der Waals surface area contributed by atoms with E-state index in [1.807, 2.05) is 0 Å². The Labute approximate surface area is 151 Å². The number of halogens is 2. The first-order valence-electron chi connectivity index (χ1n) is 7.81. The van der Waals surface area contributed by atoms with Gasteiger partial charge in [0.25, 0.3) is 5.91 Å². The van der Waals surface area contributed by atoms with E-state index in [0.29, 0.717) is 11.1 Å². The maximum Gasteiger partial charge on any atom is 0.253 e. The first kappa shape index (κ1) is 20.0. The Kier molecular flexibility index (Phi) is 5.77. The summed E-state index contributed by atoms with van der Waals surface area (Å²) in [6.45, 7) is 3.29. The van der Waals surface area contributed by atoms with Crippen molar-refractivity contribution in [2.24, 2.45) is 0 Å². The van der Waals surface area contributed by atoms with Crippen LogP contribution in [0.1, 0.15) is 27.0 Å². The molecule has 0 aromatic heterocycles. The van der Waals surface area contributed by atoms with Crippen molar-refractivity contribution in [2.75, 3.05) is 14.1 Å². The summed E-state index contributed by atoms with van der Waals surface area (Å²) in [4.78, 5) is 13.9. The summed E-state index contributed by atoms with van der Waals surface area (Å²) >= 11 is 0. The predicted octanol–water partition coefficient (Wildman–Crippen LogP) is 2.76. The Morgan fingerprint density at radius 2 is 1.81 bits per heavy atom. The van der Waals surface area contributed by atoms with Gasteiger partial charge in [0.15, 0.2) is 0 Å². The molecule has 0 spiro atoms. The fourth-order valence-electron chi connectivity index (χ4n) is 2.54. The van der Waals surface area contributed by atoms with E-state index in [1.54, 1.807) is 19.9 Å². The van der Waals surface area contributed by atoms with Crippen molar-refractivity contribution in [3.8, 4) is 0 Å². The second-order valence-corrected chi connectivity index (χ2v) is 7.88. The Hall–Kier alpha value is -2.32.